The van der Waals surface area contributed by atoms with E-state index in [0.717, 1.165) is 5.39 Å². The highest BCUT2D eigenvalue weighted by Gasteiger charge is 2.17. The predicted molar refractivity (Wildman–Crippen MR) is 81.8 cm³/mol. The van der Waals surface area contributed by atoms with E-state index < -0.39 is 0 Å². The Balaban J connectivity index is 2.65. The number of methoxy groups -OCH3 is 1. The molecule has 0 fully saturated rings. The number of benzene rings is 2. The first-order valence-electron chi connectivity index (χ1n) is 5.67. The van der Waals surface area contributed by atoms with Crippen LogP contribution in [0.15, 0.2) is 22.6 Å². The summed E-state index contributed by atoms with van der Waals surface area (Å²) in [7, 11) is 25.3. The van der Waals surface area contributed by atoms with Gasteiger partial charge in [-0.1, -0.05) is 17.0 Å². The fourth-order valence-corrected chi connectivity index (χ4v) is 2.28. The van der Waals surface area contributed by atoms with Gasteiger partial charge in [0, 0.05) is 5.39 Å². The van der Waals surface area contributed by atoms with Crippen LogP contribution in [0.1, 0.15) is 0 Å². The average molecular weight is 237 g/mol. The first kappa shape index (κ1) is 12.3. The zero-order valence-corrected chi connectivity index (χ0v) is 10.4. The van der Waals surface area contributed by atoms with Gasteiger partial charge in [-0.15, -0.1) is 10.9 Å². The molecule has 0 unspecified atom stereocenters. The van der Waals surface area contributed by atoms with Crippen LogP contribution >= 0.6 is 0 Å². The van der Waals surface area contributed by atoms with E-state index in [1.54, 1.807) is 7.11 Å². The van der Waals surface area contributed by atoms with Crippen LogP contribution in [0.25, 0.3) is 21.9 Å². The molecule has 19 heavy (non-hydrogen) atoms. The summed E-state index contributed by atoms with van der Waals surface area (Å²) < 4.78 is 11.1. The first-order chi connectivity index (χ1) is 9.06. The molecular weight excluding hydrogens is 231 g/mol. The van der Waals surface area contributed by atoms with Crippen molar-refractivity contribution in [1.82, 2.24) is 0 Å². The Morgan fingerprint density at radius 3 is 2.26 bits per heavy atom. The Labute approximate surface area is 116 Å². The van der Waals surface area contributed by atoms with Crippen molar-refractivity contribution in [3.05, 3.63) is 18.2 Å². The third-order valence-electron chi connectivity index (χ3n) is 3.28. The Kier molecular flexibility index (Phi) is 2.70. The lowest BCUT2D eigenvalue weighted by Gasteiger charge is -2.12. The van der Waals surface area contributed by atoms with Gasteiger partial charge in [-0.2, -0.15) is 0 Å². The molecule has 1 heterocycles. The SMILES string of the molecule is [B]c1c([B])c([B])c2c(oc3cccc(OC)c32)c1[B]. The van der Waals surface area contributed by atoms with E-state index in [9.17, 15) is 0 Å². The molecule has 0 N–H and O–H groups in total. The van der Waals surface area contributed by atoms with Crippen LogP contribution in [0.5, 0.6) is 5.75 Å². The molecule has 3 aromatic rings. The summed E-state index contributed by atoms with van der Waals surface area (Å²) >= 11 is 0. The van der Waals surface area contributed by atoms with Gasteiger partial charge in [0.1, 0.15) is 48.3 Å². The van der Waals surface area contributed by atoms with E-state index in [4.69, 9.17) is 40.5 Å². The Morgan fingerprint density at radius 1 is 0.895 bits per heavy atom. The molecule has 0 saturated carbocycles. The molecule has 0 aliphatic heterocycles. The van der Waals surface area contributed by atoms with Crippen molar-refractivity contribution >= 4 is 75.2 Å². The summed E-state index contributed by atoms with van der Waals surface area (Å²) in [5, 5.41) is 1.38. The van der Waals surface area contributed by atoms with Gasteiger partial charge in [-0.05, 0) is 12.1 Å². The van der Waals surface area contributed by atoms with E-state index in [0.29, 0.717) is 33.2 Å². The average Bonchev–Trinajstić information content (AvgIpc) is 2.82. The van der Waals surface area contributed by atoms with E-state index in [-0.39, 0.29) is 10.9 Å². The van der Waals surface area contributed by atoms with Gasteiger partial charge in [-0.25, -0.2) is 0 Å². The fourth-order valence-electron chi connectivity index (χ4n) is 2.28. The van der Waals surface area contributed by atoms with Gasteiger partial charge in [0.15, 0.2) is 0 Å². The lowest BCUT2D eigenvalue weighted by molar-refractivity contribution is 0.420. The fraction of sp³-hybridized carbons (Fsp3) is 0.0769. The maximum absolute atomic E-state index is 6.05. The van der Waals surface area contributed by atoms with Crippen molar-refractivity contribution in [2.24, 2.45) is 0 Å². The highest BCUT2D eigenvalue weighted by molar-refractivity contribution is 6.67. The molecule has 6 heteroatoms. The van der Waals surface area contributed by atoms with Crippen LogP contribution < -0.4 is 26.6 Å². The minimum atomic E-state index is 0.239. The molecule has 0 amide bonds. The monoisotopic (exact) mass is 238 g/mol. The van der Waals surface area contributed by atoms with Gasteiger partial charge >= 0.3 is 0 Å². The molecule has 0 spiro atoms. The number of ether oxygens (including phenoxy) is 1. The lowest BCUT2D eigenvalue weighted by atomic mass is 9.65. The summed E-state index contributed by atoms with van der Waals surface area (Å²) in [6.45, 7) is 0. The first-order valence-corrected chi connectivity index (χ1v) is 5.67. The third-order valence-corrected chi connectivity index (χ3v) is 3.28. The molecule has 0 bridgehead atoms. The second-order valence-corrected chi connectivity index (χ2v) is 4.29. The standard InChI is InChI=1S/C13H6B4O2/c1-18-5-3-2-4-6-7(5)8-9(14)10(15)11(16)12(17)13(8)19-6/h2-4H,1H3. The zero-order valence-electron chi connectivity index (χ0n) is 10.4. The van der Waals surface area contributed by atoms with Gasteiger partial charge in [0.25, 0.3) is 0 Å². The molecule has 3 rings (SSSR count). The Hall–Kier alpha value is -1.70. The van der Waals surface area contributed by atoms with E-state index >= 15 is 0 Å². The largest absolute Gasteiger partial charge is 0.496 e. The maximum atomic E-state index is 6.05. The third kappa shape index (κ3) is 1.55. The number of fused-ring (bicyclic) bond motifs is 3. The number of rotatable bonds is 1. The van der Waals surface area contributed by atoms with Crippen molar-refractivity contribution in [1.29, 1.82) is 0 Å². The maximum Gasteiger partial charge on any atom is 0.139 e. The minimum absolute atomic E-state index is 0.239. The Morgan fingerprint density at radius 2 is 1.58 bits per heavy atom. The highest BCUT2D eigenvalue weighted by Crippen LogP contribution is 2.32. The molecule has 82 valence electrons. The molecule has 0 aliphatic carbocycles. The van der Waals surface area contributed by atoms with Crippen LogP contribution in [-0.4, -0.2) is 38.5 Å². The predicted octanol–water partition coefficient (Wildman–Crippen LogP) is -1.23. The molecule has 0 atom stereocenters. The molecule has 0 aliphatic rings. The van der Waals surface area contributed by atoms with E-state index in [1.807, 2.05) is 18.2 Å². The van der Waals surface area contributed by atoms with Gasteiger partial charge < -0.3 is 9.15 Å². The topological polar surface area (TPSA) is 22.4 Å². The summed E-state index contributed by atoms with van der Waals surface area (Å²) in [6, 6.07) is 5.45. The number of furan rings is 1. The van der Waals surface area contributed by atoms with Gasteiger partial charge in [0.2, 0.25) is 0 Å². The van der Waals surface area contributed by atoms with Crippen molar-refractivity contribution in [3.8, 4) is 5.75 Å². The molecule has 2 nitrogen and oxygen atoms in total. The zero-order chi connectivity index (χ0) is 13.7. The molecule has 8 radical (unpaired) electrons. The van der Waals surface area contributed by atoms with Crippen LogP contribution in [-0.2, 0) is 0 Å². The summed E-state index contributed by atoms with van der Waals surface area (Å²) in [6.07, 6.45) is 0. The quantitative estimate of drug-likeness (QED) is 0.495. The van der Waals surface area contributed by atoms with Crippen molar-refractivity contribution in [2.75, 3.05) is 7.11 Å². The Bertz CT molecular complexity index is 808. The van der Waals surface area contributed by atoms with Crippen LogP contribution in [0.2, 0.25) is 0 Å². The summed E-state index contributed by atoms with van der Waals surface area (Å²) in [4.78, 5) is 0. The molecule has 0 saturated heterocycles. The van der Waals surface area contributed by atoms with Crippen LogP contribution in [0.4, 0.5) is 0 Å². The van der Waals surface area contributed by atoms with E-state index in [1.165, 1.54) is 0 Å². The molecule has 1 aromatic heterocycles. The minimum Gasteiger partial charge on any atom is -0.496 e. The van der Waals surface area contributed by atoms with Crippen molar-refractivity contribution in [3.63, 3.8) is 0 Å². The highest BCUT2D eigenvalue weighted by atomic mass is 16.5. The van der Waals surface area contributed by atoms with Gasteiger partial charge in [0.05, 0.1) is 12.5 Å². The number of hydrogen-bond acceptors (Lipinski definition) is 2. The van der Waals surface area contributed by atoms with Crippen molar-refractivity contribution in [2.45, 2.75) is 0 Å². The molecular formula is C13H6B4O2. The van der Waals surface area contributed by atoms with Crippen molar-refractivity contribution < 1.29 is 9.15 Å². The van der Waals surface area contributed by atoms with Crippen LogP contribution in [0.3, 0.4) is 0 Å². The van der Waals surface area contributed by atoms with E-state index in [2.05, 4.69) is 0 Å². The van der Waals surface area contributed by atoms with Crippen LogP contribution in [0, 0.1) is 0 Å². The summed E-state index contributed by atoms with van der Waals surface area (Å²) in [5.41, 5.74) is 2.20. The smallest absolute Gasteiger partial charge is 0.139 e. The summed E-state index contributed by atoms with van der Waals surface area (Å²) in [5.74, 6) is 0.645. The lowest BCUT2D eigenvalue weighted by Crippen LogP contribution is -2.47. The number of hydrogen-bond donors (Lipinski definition) is 0. The van der Waals surface area contributed by atoms with Gasteiger partial charge in [-0.3, -0.25) is 0 Å². The normalized spacial score (nSPS) is 11.2. The second kappa shape index (κ2) is 4.16. The molecule has 2 aromatic carbocycles. The second-order valence-electron chi connectivity index (χ2n) is 4.29.